The molecule has 0 heterocycles. The molecular weight excluding hydrogens is 248 g/mol. The van der Waals surface area contributed by atoms with Gasteiger partial charge < -0.3 is 5.73 Å². The minimum Gasteiger partial charge on any atom is -0.320 e. The molecule has 0 fully saturated rings. The number of aryl methyl sites for hydroxylation is 1. The van der Waals surface area contributed by atoms with Crippen molar-refractivity contribution < 1.29 is 8.42 Å². The van der Waals surface area contributed by atoms with Gasteiger partial charge in [0.2, 0.25) is 10.0 Å². The lowest BCUT2D eigenvalue weighted by molar-refractivity contribution is 0.593. The first-order valence-electron chi connectivity index (χ1n) is 5.68. The summed E-state index contributed by atoms with van der Waals surface area (Å²) in [5.41, 5.74) is 7.48. The van der Waals surface area contributed by atoms with Gasteiger partial charge in [0, 0.05) is 5.56 Å². The third-order valence-corrected chi connectivity index (χ3v) is 4.12. The Labute approximate surface area is 109 Å². The molecule has 0 aliphatic rings. The first-order chi connectivity index (χ1) is 8.36. The van der Waals surface area contributed by atoms with Gasteiger partial charge in [0.25, 0.3) is 0 Å². The summed E-state index contributed by atoms with van der Waals surface area (Å²) < 4.78 is 26.2. The van der Waals surface area contributed by atoms with Crippen molar-refractivity contribution in [1.82, 2.24) is 0 Å². The lowest BCUT2D eigenvalue weighted by Crippen LogP contribution is -2.23. The number of nitrogens with two attached hydrogens (primary N) is 1. The molecule has 0 aliphatic heterocycles. The van der Waals surface area contributed by atoms with Gasteiger partial charge in [0.05, 0.1) is 17.5 Å². The third-order valence-electron chi connectivity index (χ3n) is 2.37. The van der Waals surface area contributed by atoms with Gasteiger partial charge in [-0.15, -0.1) is 0 Å². The van der Waals surface area contributed by atoms with E-state index < -0.39 is 15.3 Å². The second-order valence-corrected chi connectivity index (χ2v) is 6.49. The van der Waals surface area contributed by atoms with Gasteiger partial charge >= 0.3 is 0 Å². The minimum atomic E-state index is -3.36. The standard InChI is InChI=1S/C13H18N2O2S/c1-10(2)18(16,17)15-13-7-6-11(3)9-12(13)5-4-8-14/h6-7,9-10,15H,8,14H2,1-3H3. The number of benzene rings is 1. The molecule has 0 spiro atoms. The molecule has 4 nitrogen and oxygen atoms in total. The molecule has 1 aromatic carbocycles. The summed E-state index contributed by atoms with van der Waals surface area (Å²) in [7, 11) is -3.36. The molecule has 1 aromatic rings. The zero-order valence-corrected chi connectivity index (χ0v) is 11.6. The largest absolute Gasteiger partial charge is 0.320 e. The Morgan fingerprint density at radius 3 is 2.61 bits per heavy atom. The van der Waals surface area contributed by atoms with Crippen molar-refractivity contribution in [3.63, 3.8) is 0 Å². The van der Waals surface area contributed by atoms with Crippen LogP contribution in [0.3, 0.4) is 0 Å². The molecular formula is C13H18N2O2S. The van der Waals surface area contributed by atoms with E-state index >= 15 is 0 Å². The topological polar surface area (TPSA) is 72.2 Å². The normalized spacial score (nSPS) is 10.9. The first-order valence-corrected chi connectivity index (χ1v) is 7.22. The lowest BCUT2D eigenvalue weighted by Gasteiger charge is -2.12. The van der Waals surface area contributed by atoms with E-state index in [-0.39, 0.29) is 6.54 Å². The van der Waals surface area contributed by atoms with Gasteiger partial charge in [-0.3, -0.25) is 4.72 Å². The van der Waals surface area contributed by atoms with E-state index in [1.54, 1.807) is 19.9 Å². The number of hydrogen-bond acceptors (Lipinski definition) is 3. The van der Waals surface area contributed by atoms with Gasteiger partial charge in [-0.2, -0.15) is 0 Å². The summed E-state index contributed by atoms with van der Waals surface area (Å²) in [5.74, 6) is 5.60. The summed E-state index contributed by atoms with van der Waals surface area (Å²) in [6.45, 7) is 5.42. The predicted octanol–water partition coefficient (Wildman–Crippen LogP) is 1.46. The van der Waals surface area contributed by atoms with Crippen LogP contribution in [0.2, 0.25) is 0 Å². The van der Waals surface area contributed by atoms with Crippen LogP contribution in [0.5, 0.6) is 0 Å². The van der Waals surface area contributed by atoms with Crippen LogP contribution in [-0.2, 0) is 10.0 Å². The monoisotopic (exact) mass is 266 g/mol. The average Bonchev–Trinajstić information content (AvgIpc) is 2.29. The molecule has 98 valence electrons. The van der Waals surface area contributed by atoms with Gasteiger partial charge in [-0.05, 0) is 38.5 Å². The zero-order chi connectivity index (χ0) is 13.8. The molecule has 18 heavy (non-hydrogen) atoms. The number of nitrogens with one attached hydrogen (secondary N) is 1. The van der Waals surface area contributed by atoms with E-state index in [1.807, 2.05) is 19.1 Å². The molecule has 0 amide bonds. The highest BCUT2D eigenvalue weighted by atomic mass is 32.2. The third kappa shape index (κ3) is 3.76. The van der Waals surface area contributed by atoms with Crippen molar-refractivity contribution in [2.45, 2.75) is 26.0 Å². The van der Waals surface area contributed by atoms with Crippen LogP contribution in [0.25, 0.3) is 0 Å². The molecule has 0 aromatic heterocycles. The van der Waals surface area contributed by atoms with Crippen molar-refractivity contribution >= 4 is 15.7 Å². The van der Waals surface area contributed by atoms with Crippen molar-refractivity contribution in [2.24, 2.45) is 5.73 Å². The molecule has 1 rings (SSSR count). The molecule has 0 bridgehead atoms. The SMILES string of the molecule is Cc1ccc(NS(=O)(=O)C(C)C)c(C#CCN)c1. The predicted molar refractivity (Wildman–Crippen MR) is 74.8 cm³/mol. The molecule has 5 heteroatoms. The molecule has 0 radical (unpaired) electrons. The summed E-state index contributed by atoms with van der Waals surface area (Å²) in [6, 6.07) is 5.39. The molecule has 0 aliphatic carbocycles. The van der Waals surface area contributed by atoms with Crippen LogP contribution >= 0.6 is 0 Å². The van der Waals surface area contributed by atoms with Crippen LogP contribution in [0, 0.1) is 18.8 Å². The van der Waals surface area contributed by atoms with Crippen molar-refractivity contribution in [1.29, 1.82) is 0 Å². The number of rotatable bonds is 3. The highest BCUT2D eigenvalue weighted by Gasteiger charge is 2.16. The summed E-state index contributed by atoms with van der Waals surface area (Å²) in [6.07, 6.45) is 0. The van der Waals surface area contributed by atoms with Gasteiger partial charge in [-0.1, -0.05) is 17.9 Å². The second-order valence-electron chi connectivity index (χ2n) is 4.25. The van der Waals surface area contributed by atoms with E-state index in [4.69, 9.17) is 5.73 Å². The van der Waals surface area contributed by atoms with Gasteiger partial charge in [-0.25, -0.2) is 8.42 Å². The van der Waals surface area contributed by atoms with Crippen LogP contribution in [0.1, 0.15) is 25.0 Å². The number of sulfonamides is 1. The maximum Gasteiger partial charge on any atom is 0.235 e. The van der Waals surface area contributed by atoms with Crippen molar-refractivity contribution in [2.75, 3.05) is 11.3 Å². The Kier molecular flexibility index (Phi) is 4.76. The Hall–Kier alpha value is -1.51. The lowest BCUT2D eigenvalue weighted by atomic mass is 10.1. The van der Waals surface area contributed by atoms with Crippen molar-refractivity contribution in [3.05, 3.63) is 29.3 Å². The molecule has 0 saturated heterocycles. The van der Waals surface area contributed by atoms with E-state index in [0.717, 1.165) is 5.56 Å². The van der Waals surface area contributed by atoms with Gasteiger partial charge in [0.1, 0.15) is 0 Å². The Balaban J connectivity index is 3.17. The summed E-state index contributed by atoms with van der Waals surface area (Å²) in [5, 5.41) is -0.492. The van der Waals surface area contributed by atoms with E-state index in [0.29, 0.717) is 11.3 Å². The Bertz CT molecular complexity index is 581. The van der Waals surface area contributed by atoms with Gasteiger partial charge in [0.15, 0.2) is 0 Å². The molecule has 3 N–H and O–H groups in total. The highest BCUT2D eigenvalue weighted by Crippen LogP contribution is 2.19. The number of hydrogen-bond donors (Lipinski definition) is 2. The summed E-state index contributed by atoms with van der Waals surface area (Å²) in [4.78, 5) is 0. The van der Waals surface area contributed by atoms with Crippen LogP contribution in [0.4, 0.5) is 5.69 Å². The Morgan fingerprint density at radius 2 is 2.06 bits per heavy atom. The smallest absolute Gasteiger partial charge is 0.235 e. The van der Waals surface area contributed by atoms with E-state index in [9.17, 15) is 8.42 Å². The Morgan fingerprint density at radius 1 is 1.39 bits per heavy atom. The van der Waals surface area contributed by atoms with Crippen LogP contribution in [-0.4, -0.2) is 20.2 Å². The molecule has 0 saturated carbocycles. The fraction of sp³-hybridized carbons (Fsp3) is 0.385. The van der Waals surface area contributed by atoms with Crippen molar-refractivity contribution in [3.8, 4) is 11.8 Å². The van der Waals surface area contributed by atoms with E-state index in [2.05, 4.69) is 16.6 Å². The maximum absolute atomic E-state index is 11.8. The fourth-order valence-electron chi connectivity index (χ4n) is 1.27. The van der Waals surface area contributed by atoms with Crippen LogP contribution in [0.15, 0.2) is 18.2 Å². The van der Waals surface area contributed by atoms with E-state index in [1.165, 1.54) is 0 Å². The fourth-order valence-corrected chi connectivity index (χ4v) is 1.99. The quantitative estimate of drug-likeness (QED) is 0.813. The minimum absolute atomic E-state index is 0.240. The average molecular weight is 266 g/mol. The first kappa shape index (κ1) is 14.6. The molecule has 0 atom stereocenters. The maximum atomic E-state index is 11.8. The second kappa shape index (κ2) is 5.89. The zero-order valence-electron chi connectivity index (χ0n) is 10.8. The highest BCUT2D eigenvalue weighted by molar-refractivity contribution is 7.93. The van der Waals surface area contributed by atoms with Crippen LogP contribution < -0.4 is 10.5 Å². The summed E-state index contributed by atoms with van der Waals surface area (Å²) >= 11 is 0. The molecule has 0 unspecified atom stereocenters. The number of anilines is 1.